The lowest BCUT2D eigenvalue weighted by atomic mass is 9.99. The monoisotopic (exact) mass is 299 g/mol. The lowest BCUT2D eigenvalue weighted by molar-refractivity contribution is -0.142. The largest absolute Gasteiger partial charge is 0.481 e. The van der Waals surface area contributed by atoms with Crippen LogP contribution < -0.4 is 10.6 Å². The highest BCUT2D eigenvalue weighted by Crippen LogP contribution is 2.20. The van der Waals surface area contributed by atoms with Crippen molar-refractivity contribution in [1.82, 2.24) is 15.5 Å². The molecule has 8 heteroatoms. The van der Waals surface area contributed by atoms with Crippen molar-refractivity contribution in [2.45, 2.75) is 45.7 Å². The highest BCUT2D eigenvalue weighted by molar-refractivity contribution is 6.08. The minimum atomic E-state index is -1.03. The van der Waals surface area contributed by atoms with Crippen LogP contribution in [0.25, 0.3) is 0 Å². The van der Waals surface area contributed by atoms with Gasteiger partial charge in [-0.2, -0.15) is 0 Å². The second kappa shape index (κ2) is 6.11. The van der Waals surface area contributed by atoms with Gasteiger partial charge in [-0.25, -0.2) is 4.79 Å². The average molecular weight is 299 g/mol. The molecule has 1 aliphatic heterocycles. The Hall–Kier alpha value is -2.12. The summed E-state index contributed by atoms with van der Waals surface area (Å²) in [7, 11) is 0. The highest BCUT2D eigenvalue weighted by Gasteiger charge is 2.47. The topological polar surface area (TPSA) is 116 Å². The molecule has 1 aliphatic rings. The Labute approximate surface area is 122 Å². The number of hydrogen-bond donors (Lipinski definition) is 3. The predicted molar refractivity (Wildman–Crippen MR) is 73.3 cm³/mol. The molecule has 0 aromatic heterocycles. The lowest BCUT2D eigenvalue weighted by Crippen LogP contribution is -2.47. The molecule has 8 nitrogen and oxygen atoms in total. The van der Waals surface area contributed by atoms with E-state index in [-0.39, 0.29) is 0 Å². The van der Waals surface area contributed by atoms with Gasteiger partial charge in [-0.15, -0.1) is 0 Å². The maximum atomic E-state index is 12.1. The molecule has 0 bridgehead atoms. The van der Waals surface area contributed by atoms with Crippen molar-refractivity contribution >= 4 is 23.8 Å². The van der Waals surface area contributed by atoms with E-state index in [0.717, 1.165) is 4.90 Å². The minimum Gasteiger partial charge on any atom is -0.481 e. The van der Waals surface area contributed by atoms with Gasteiger partial charge in [0, 0.05) is 6.04 Å². The van der Waals surface area contributed by atoms with E-state index in [1.54, 1.807) is 20.8 Å². The Balaban J connectivity index is 2.66. The molecule has 0 aromatic carbocycles. The van der Waals surface area contributed by atoms with E-state index in [4.69, 9.17) is 5.11 Å². The first-order chi connectivity index (χ1) is 9.62. The molecule has 0 radical (unpaired) electrons. The molecule has 3 N–H and O–H groups in total. The summed E-state index contributed by atoms with van der Waals surface area (Å²) in [4.78, 5) is 47.4. The van der Waals surface area contributed by atoms with Crippen molar-refractivity contribution in [2.24, 2.45) is 5.92 Å². The van der Waals surface area contributed by atoms with Crippen molar-refractivity contribution in [1.29, 1.82) is 0 Å². The Bertz CT molecular complexity index is 478. The summed E-state index contributed by atoms with van der Waals surface area (Å²) in [5, 5.41) is 13.9. The van der Waals surface area contributed by atoms with Crippen LogP contribution in [0.3, 0.4) is 0 Å². The zero-order valence-electron chi connectivity index (χ0n) is 12.6. The zero-order valence-corrected chi connectivity index (χ0v) is 12.6. The zero-order chi connectivity index (χ0) is 16.4. The van der Waals surface area contributed by atoms with Crippen molar-refractivity contribution in [3.8, 4) is 0 Å². The van der Waals surface area contributed by atoms with Crippen LogP contribution in [0.4, 0.5) is 4.79 Å². The maximum absolute atomic E-state index is 12.1. The maximum Gasteiger partial charge on any atom is 0.325 e. The summed E-state index contributed by atoms with van der Waals surface area (Å²) in [6, 6.07) is -1.22. The summed E-state index contributed by atoms with van der Waals surface area (Å²) in [6.07, 6.45) is 0.419. The summed E-state index contributed by atoms with van der Waals surface area (Å²) >= 11 is 0. The van der Waals surface area contributed by atoms with Crippen LogP contribution in [-0.2, 0) is 14.4 Å². The van der Waals surface area contributed by atoms with Crippen molar-refractivity contribution in [3.05, 3.63) is 0 Å². The number of carbonyl (C=O) groups excluding carboxylic acids is 3. The fourth-order valence-electron chi connectivity index (χ4n) is 1.91. The third-order valence-corrected chi connectivity index (χ3v) is 3.88. The van der Waals surface area contributed by atoms with Gasteiger partial charge in [0.25, 0.3) is 5.91 Å². The van der Waals surface area contributed by atoms with Gasteiger partial charge in [0.05, 0.1) is 5.92 Å². The van der Waals surface area contributed by atoms with Gasteiger partial charge in [0.15, 0.2) is 0 Å². The summed E-state index contributed by atoms with van der Waals surface area (Å²) in [6.45, 7) is 5.96. The van der Waals surface area contributed by atoms with Gasteiger partial charge >= 0.3 is 12.0 Å². The first-order valence-electron chi connectivity index (χ1n) is 6.78. The Morgan fingerprint density at radius 2 is 1.95 bits per heavy atom. The number of hydrogen-bond acceptors (Lipinski definition) is 4. The Kier molecular flexibility index (Phi) is 4.93. The molecular formula is C13H21N3O5. The first-order valence-corrected chi connectivity index (χ1v) is 6.78. The predicted octanol–water partition coefficient (Wildman–Crippen LogP) is -0.0677. The molecular weight excluding hydrogens is 278 g/mol. The molecule has 0 aromatic rings. The number of nitrogens with zero attached hydrogens (tertiary/aromatic N) is 1. The van der Waals surface area contributed by atoms with E-state index in [2.05, 4.69) is 10.6 Å². The van der Waals surface area contributed by atoms with Crippen LogP contribution in [-0.4, -0.2) is 51.9 Å². The second-order valence-electron chi connectivity index (χ2n) is 5.49. The number of carbonyl (C=O) groups is 4. The lowest BCUT2D eigenvalue weighted by Gasteiger charge is -2.21. The number of nitrogens with one attached hydrogen (secondary N) is 2. The molecule has 1 heterocycles. The first kappa shape index (κ1) is 16.9. The highest BCUT2D eigenvalue weighted by atomic mass is 16.4. The number of carboxylic acids is 1. The van der Waals surface area contributed by atoms with Gasteiger partial charge in [-0.05, 0) is 27.2 Å². The van der Waals surface area contributed by atoms with Crippen LogP contribution >= 0.6 is 0 Å². The van der Waals surface area contributed by atoms with Crippen LogP contribution in [0.1, 0.15) is 34.1 Å². The number of amides is 4. The Morgan fingerprint density at radius 1 is 1.38 bits per heavy atom. The standard InChI is InChI=1S/C13H21N3O5/c1-5-13(4)11(20)16(12(21)15-13)6-9(17)14-8(3)7(2)10(18)19/h7-8H,5-6H2,1-4H3,(H,14,17)(H,15,21)(H,18,19). The van der Waals surface area contributed by atoms with E-state index in [1.807, 2.05) is 0 Å². The average Bonchev–Trinajstić information content (AvgIpc) is 2.62. The number of urea groups is 1. The van der Waals surface area contributed by atoms with E-state index in [0.29, 0.717) is 6.42 Å². The van der Waals surface area contributed by atoms with Gasteiger partial charge in [-0.1, -0.05) is 6.92 Å². The van der Waals surface area contributed by atoms with Crippen molar-refractivity contribution in [3.63, 3.8) is 0 Å². The normalized spacial score (nSPS) is 24.5. The van der Waals surface area contributed by atoms with Crippen LogP contribution in [0.5, 0.6) is 0 Å². The quantitative estimate of drug-likeness (QED) is 0.594. The van der Waals surface area contributed by atoms with E-state index in [9.17, 15) is 19.2 Å². The number of carboxylic acid groups (broad SMARTS) is 1. The van der Waals surface area contributed by atoms with Gasteiger partial charge < -0.3 is 15.7 Å². The van der Waals surface area contributed by atoms with Gasteiger partial charge in [0.1, 0.15) is 12.1 Å². The molecule has 0 aliphatic carbocycles. The van der Waals surface area contributed by atoms with Gasteiger partial charge in [-0.3, -0.25) is 19.3 Å². The third-order valence-electron chi connectivity index (χ3n) is 3.88. The van der Waals surface area contributed by atoms with Crippen molar-refractivity contribution in [2.75, 3.05) is 6.54 Å². The number of rotatable bonds is 6. The van der Waals surface area contributed by atoms with Crippen LogP contribution in [0, 0.1) is 5.92 Å². The summed E-state index contributed by atoms with van der Waals surface area (Å²) in [5.74, 6) is -2.82. The molecule has 0 spiro atoms. The molecule has 0 saturated carbocycles. The molecule has 1 saturated heterocycles. The third kappa shape index (κ3) is 3.50. The van der Waals surface area contributed by atoms with Crippen LogP contribution in [0.15, 0.2) is 0 Å². The summed E-state index contributed by atoms with van der Waals surface area (Å²) in [5.41, 5.74) is -0.989. The molecule has 118 valence electrons. The number of imide groups is 1. The van der Waals surface area contributed by atoms with E-state index in [1.165, 1.54) is 6.92 Å². The fourth-order valence-corrected chi connectivity index (χ4v) is 1.91. The second-order valence-corrected chi connectivity index (χ2v) is 5.49. The van der Waals surface area contributed by atoms with E-state index < -0.39 is 47.9 Å². The molecule has 4 amide bonds. The fraction of sp³-hybridized carbons (Fsp3) is 0.692. The SMILES string of the molecule is CCC1(C)NC(=O)N(CC(=O)NC(C)C(C)C(=O)O)C1=O. The smallest absolute Gasteiger partial charge is 0.325 e. The number of aliphatic carboxylic acids is 1. The minimum absolute atomic E-state index is 0.419. The van der Waals surface area contributed by atoms with Crippen LogP contribution in [0.2, 0.25) is 0 Å². The summed E-state index contributed by atoms with van der Waals surface area (Å²) < 4.78 is 0. The molecule has 3 unspecified atom stereocenters. The molecule has 3 atom stereocenters. The van der Waals surface area contributed by atoms with Gasteiger partial charge in [0.2, 0.25) is 5.91 Å². The molecule has 1 fully saturated rings. The van der Waals surface area contributed by atoms with E-state index >= 15 is 0 Å². The molecule has 21 heavy (non-hydrogen) atoms. The van der Waals surface area contributed by atoms with Crippen molar-refractivity contribution < 1.29 is 24.3 Å². The molecule has 1 rings (SSSR count). The Morgan fingerprint density at radius 3 is 2.38 bits per heavy atom.